The normalized spacial score (nSPS) is 10.1. The van der Waals surface area contributed by atoms with Crippen LogP contribution in [0.2, 0.25) is 0 Å². The first-order chi connectivity index (χ1) is 6.00. The predicted octanol–water partition coefficient (Wildman–Crippen LogP) is 2.07. The smallest absolute Gasteiger partial charge is 0.307 e. The number of hydrogen-bond donors (Lipinski definition) is 1. The Labute approximate surface area is 76.0 Å². The Kier molecular flexibility index (Phi) is 2.66. The molecule has 0 atom stereocenters. The number of benzene rings is 1. The molecular weight excluding hydrogens is 171 g/mol. The van der Waals surface area contributed by atoms with Crippen LogP contribution >= 0.6 is 0 Å². The SMILES string of the molecule is Cc1cc(F)c(C)c(CC(=O)O)c1. The third-order valence-corrected chi connectivity index (χ3v) is 1.94. The summed E-state index contributed by atoms with van der Waals surface area (Å²) in [6.07, 6.45) is -0.121. The molecule has 0 aromatic heterocycles. The highest BCUT2D eigenvalue weighted by atomic mass is 19.1. The summed E-state index contributed by atoms with van der Waals surface area (Å²) in [4.78, 5) is 10.4. The predicted molar refractivity (Wildman–Crippen MR) is 47.2 cm³/mol. The van der Waals surface area contributed by atoms with E-state index in [9.17, 15) is 9.18 Å². The van der Waals surface area contributed by atoms with Crippen molar-refractivity contribution in [2.75, 3.05) is 0 Å². The molecule has 0 heterocycles. The topological polar surface area (TPSA) is 37.3 Å². The molecule has 70 valence electrons. The lowest BCUT2D eigenvalue weighted by molar-refractivity contribution is -0.136. The first kappa shape index (κ1) is 9.71. The molecule has 0 saturated carbocycles. The third kappa shape index (κ3) is 2.28. The lowest BCUT2D eigenvalue weighted by atomic mass is 10.0. The zero-order valence-corrected chi connectivity index (χ0v) is 7.60. The second-order valence-corrected chi connectivity index (χ2v) is 3.10. The maximum Gasteiger partial charge on any atom is 0.307 e. The van der Waals surface area contributed by atoms with Crippen molar-refractivity contribution in [3.05, 3.63) is 34.6 Å². The molecule has 3 heteroatoms. The third-order valence-electron chi connectivity index (χ3n) is 1.94. The highest BCUT2D eigenvalue weighted by molar-refractivity contribution is 5.70. The van der Waals surface area contributed by atoms with Crippen molar-refractivity contribution in [3.8, 4) is 0 Å². The zero-order chi connectivity index (χ0) is 10.0. The molecular formula is C10H11FO2. The van der Waals surface area contributed by atoms with Crippen LogP contribution < -0.4 is 0 Å². The number of carboxylic acids is 1. The number of aliphatic carboxylic acids is 1. The van der Waals surface area contributed by atoms with Gasteiger partial charge in [0.25, 0.3) is 0 Å². The molecule has 1 rings (SSSR count). The van der Waals surface area contributed by atoms with Crippen molar-refractivity contribution in [2.24, 2.45) is 0 Å². The molecule has 1 aromatic carbocycles. The Morgan fingerprint density at radius 1 is 1.46 bits per heavy atom. The van der Waals surface area contributed by atoms with E-state index in [4.69, 9.17) is 5.11 Å². The van der Waals surface area contributed by atoms with Crippen LogP contribution in [-0.4, -0.2) is 11.1 Å². The summed E-state index contributed by atoms with van der Waals surface area (Å²) >= 11 is 0. The molecule has 1 N–H and O–H groups in total. The average molecular weight is 182 g/mol. The van der Waals surface area contributed by atoms with Crippen LogP contribution in [0.4, 0.5) is 4.39 Å². The van der Waals surface area contributed by atoms with E-state index < -0.39 is 5.97 Å². The van der Waals surface area contributed by atoms with Gasteiger partial charge in [-0.1, -0.05) is 6.07 Å². The lowest BCUT2D eigenvalue weighted by Gasteiger charge is -2.05. The summed E-state index contributed by atoms with van der Waals surface area (Å²) in [5.74, 6) is -1.27. The second-order valence-electron chi connectivity index (χ2n) is 3.10. The van der Waals surface area contributed by atoms with Gasteiger partial charge in [0.05, 0.1) is 6.42 Å². The number of carbonyl (C=O) groups is 1. The highest BCUT2D eigenvalue weighted by Gasteiger charge is 2.08. The van der Waals surface area contributed by atoms with Crippen molar-refractivity contribution >= 4 is 5.97 Å². The number of aryl methyl sites for hydroxylation is 1. The summed E-state index contributed by atoms with van der Waals surface area (Å²) in [5, 5.41) is 8.55. The molecule has 0 aliphatic heterocycles. The van der Waals surface area contributed by atoms with Gasteiger partial charge in [0.1, 0.15) is 5.82 Å². The molecule has 13 heavy (non-hydrogen) atoms. The Bertz CT molecular complexity index is 345. The van der Waals surface area contributed by atoms with Gasteiger partial charge < -0.3 is 5.11 Å². The Hall–Kier alpha value is -1.38. The van der Waals surface area contributed by atoms with Gasteiger partial charge in [0.15, 0.2) is 0 Å². The number of rotatable bonds is 2. The molecule has 0 aliphatic carbocycles. The summed E-state index contributed by atoms with van der Waals surface area (Å²) in [6.45, 7) is 3.33. The molecule has 1 aromatic rings. The maximum absolute atomic E-state index is 13.1. The zero-order valence-electron chi connectivity index (χ0n) is 7.60. The Balaban J connectivity index is 3.12. The van der Waals surface area contributed by atoms with Crippen LogP contribution in [0.3, 0.4) is 0 Å². The van der Waals surface area contributed by atoms with Gasteiger partial charge in [0, 0.05) is 0 Å². The highest BCUT2D eigenvalue weighted by Crippen LogP contribution is 2.15. The second kappa shape index (κ2) is 3.56. The molecule has 0 fully saturated rings. The van der Waals surface area contributed by atoms with Crippen molar-refractivity contribution in [2.45, 2.75) is 20.3 Å². The first-order valence-corrected chi connectivity index (χ1v) is 3.98. The minimum absolute atomic E-state index is 0.121. The minimum atomic E-state index is -0.937. The molecule has 0 amide bonds. The average Bonchev–Trinajstić information content (AvgIpc) is 1.98. The van der Waals surface area contributed by atoms with Crippen molar-refractivity contribution in [3.63, 3.8) is 0 Å². The molecule has 0 bridgehead atoms. The van der Waals surface area contributed by atoms with Crippen LogP contribution in [0, 0.1) is 19.7 Å². The molecule has 0 aliphatic rings. The van der Waals surface area contributed by atoms with Gasteiger partial charge in [0.2, 0.25) is 0 Å². The number of hydrogen-bond acceptors (Lipinski definition) is 1. The Morgan fingerprint density at radius 2 is 2.08 bits per heavy atom. The van der Waals surface area contributed by atoms with Gasteiger partial charge in [-0.05, 0) is 36.6 Å². The van der Waals surface area contributed by atoms with E-state index in [1.54, 1.807) is 19.9 Å². The number of carboxylic acid groups (broad SMARTS) is 1. The maximum atomic E-state index is 13.1. The van der Waals surface area contributed by atoms with Gasteiger partial charge in [-0.15, -0.1) is 0 Å². The van der Waals surface area contributed by atoms with Gasteiger partial charge >= 0.3 is 5.97 Å². The van der Waals surface area contributed by atoms with Crippen LogP contribution in [0.15, 0.2) is 12.1 Å². The molecule has 0 radical (unpaired) electrons. The van der Waals surface area contributed by atoms with Gasteiger partial charge in [-0.3, -0.25) is 4.79 Å². The minimum Gasteiger partial charge on any atom is -0.481 e. The van der Waals surface area contributed by atoms with Crippen molar-refractivity contribution < 1.29 is 14.3 Å². The molecule has 0 spiro atoms. The van der Waals surface area contributed by atoms with Gasteiger partial charge in [-0.25, -0.2) is 4.39 Å². The van der Waals surface area contributed by atoms with Crippen LogP contribution in [-0.2, 0) is 11.2 Å². The van der Waals surface area contributed by atoms with Crippen molar-refractivity contribution in [1.29, 1.82) is 0 Å². The fraction of sp³-hybridized carbons (Fsp3) is 0.300. The van der Waals surface area contributed by atoms with E-state index in [-0.39, 0.29) is 12.2 Å². The van der Waals surface area contributed by atoms with Crippen LogP contribution in [0.25, 0.3) is 0 Å². The summed E-state index contributed by atoms with van der Waals surface area (Å²) < 4.78 is 13.1. The van der Waals surface area contributed by atoms with E-state index in [0.29, 0.717) is 11.1 Å². The van der Waals surface area contributed by atoms with E-state index in [0.717, 1.165) is 5.56 Å². The molecule has 0 unspecified atom stereocenters. The van der Waals surface area contributed by atoms with E-state index >= 15 is 0 Å². The summed E-state index contributed by atoms with van der Waals surface area (Å²) in [7, 11) is 0. The Morgan fingerprint density at radius 3 is 2.62 bits per heavy atom. The fourth-order valence-corrected chi connectivity index (χ4v) is 1.23. The van der Waals surface area contributed by atoms with Gasteiger partial charge in [-0.2, -0.15) is 0 Å². The van der Waals surface area contributed by atoms with Crippen molar-refractivity contribution in [1.82, 2.24) is 0 Å². The summed E-state index contributed by atoms with van der Waals surface area (Å²) in [5.41, 5.74) is 1.72. The van der Waals surface area contributed by atoms with E-state index in [1.807, 2.05) is 0 Å². The largest absolute Gasteiger partial charge is 0.481 e. The lowest BCUT2D eigenvalue weighted by Crippen LogP contribution is -2.03. The fourth-order valence-electron chi connectivity index (χ4n) is 1.23. The standard InChI is InChI=1S/C10H11FO2/c1-6-3-8(5-10(12)13)7(2)9(11)4-6/h3-4H,5H2,1-2H3,(H,12,13). The first-order valence-electron chi connectivity index (χ1n) is 3.98. The van der Waals surface area contributed by atoms with E-state index in [2.05, 4.69) is 0 Å². The number of halogens is 1. The van der Waals surface area contributed by atoms with Crippen LogP contribution in [0.1, 0.15) is 16.7 Å². The molecule has 0 saturated heterocycles. The summed E-state index contributed by atoms with van der Waals surface area (Å²) in [6, 6.07) is 3.10. The quantitative estimate of drug-likeness (QED) is 0.760. The van der Waals surface area contributed by atoms with Crippen LogP contribution in [0.5, 0.6) is 0 Å². The van der Waals surface area contributed by atoms with E-state index in [1.165, 1.54) is 6.07 Å². The monoisotopic (exact) mass is 182 g/mol. The molecule has 2 nitrogen and oxygen atoms in total.